The maximum Gasteiger partial charge on any atom is 0.247 e. The predicted octanol–water partition coefficient (Wildman–Crippen LogP) is 2.68. The Hall–Kier alpha value is -2.72. The summed E-state index contributed by atoms with van der Waals surface area (Å²) in [5.41, 5.74) is 1.08. The van der Waals surface area contributed by atoms with Gasteiger partial charge in [-0.3, -0.25) is 4.68 Å². The molecule has 0 aliphatic heterocycles. The van der Waals surface area contributed by atoms with Crippen LogP contribution in [0, 0.1) is 13.8 Å². The Bertz CT molecular complexity index is 1110. The lowest BCUT2D eigenvalue weighted by Gasteiger charge is -2.20. The van der Waals surface area contributed by atoms with Crippen LogP contribution in [-0.2, 0) is 16.6 Å². The molecule has 0 saturated carbocycles. The third kappa shape index (κ3) is 4.65. The Morgan fingerprint density at radius 1 is 1.14 bits per heavy atom. The van der Waals surface area contributed by atoms with Crippen molar-refractivity contribution in [2.75, 3.05) is 7.11 Å². The summed E-state index contributed by atoms with van der Waals surface area (Å²) in [6, 6.07) is 7.25. The van der Waals surface area contributed by atoms with Crippen molar-refractivity contribution in [3.05, 3.63) is 41.5 Å². The summed E-state index contributed by atoms with van der Waals surface area (Å²) in [4.78, 5) is 0.169. The summed E-state index contributed by atoms with van der Waals surface area (Å²) in [6.45, 7) is 8.91. The second-order valence-corrected chi connectivity index (χ2v) is 9.36. The Kier molecular flexibility index (Phi) is 5.50. The lowest BCUT2D eigenvalue weighted by Crippen LogP contribution is -2.40. The van der Waals surface area contributed by atoms with E-state index in [0.29, 0.717) is 23.2 Å². The number of hydrogen-bond donors (Lipinski definition) is 1. The summed E-state index contributed by atoms with van der Waals surface area (Å²) in [5, 5.41) is 12.5. The molecule has 0 spiro atoms. The van der Waals surface area contributed by atoms with Gasteiger partial charge >= 0.3 is 0 Å². The van der Waals surface area contributed by atoms with Crippen molar-refractivity contribution < 1.29 is 17.6 Å². The van der Waals surface area contributed by atoms with Crippen molar-refractivity contribution in [2.24, 2.45) is 0 Å². The van der Waals surface area contributed by atoms with Crippen LogP contribution in [-0.4, -0.2) is 41.0 Å². The molecule has 0 aliphatic carbocycles. The van der Waals surface area contributed by atoms with E-state index in [-0.39, 0.29) is 11.4 Å². The van der Waals surface area contributed by atoms with Crippen molar-refractivity contribution in [3.8, 4) is 17.2 Å². The first-order valence-corrected chi connectivity index (χ1v) is 10.5. The van der Waals surface area contributed by atoms with Gasteiger partial charge in [-0.2, -0.15) is 5.10 Å². The van der Waals surface area contributed by atoms with Crippen LogP contribution in [0.5, 0.6) is 5.75 Å². The standard InChI is InChI=1S/C19H25N5O4S/c1-12-17(29(25,26)23-19(3,4)5)13(2)24(22-12)11-16-20-21-18(28-16)14-7-9-15(27-6)10-8-14/h7-10,23H,11H2,1-6H3. The van der Waals surface area contributed by atoms with Crippen molar-refractivity contribution >= 4 is 10.0 Å². The fourth-order valence-corrected chi connectivity index (χ4v) is 4.81. The molecule has 0 radical (unpaired) electrons. The van der Waals surface area contributed by atoms with Gasteiger partial charge in [0.2, 0.25) is 21.8 Å². The zero-order valence-electron chi connectivity index (χ0n) is 17.3. The van der Waals surface area contributed by atoms with E-state index in [1.54, 1.807) is 58.5 Å². The number of nitrogens with zero attached hydrogens (tertiary/aromatic N) is 4. The van der Waals surface area contributed by atoms with Crippen LogP contribution in [0.3, 0.4) is 0 Å². The predicted molar refractivity (Wildman–Crippen MR) is 107 cm³/mol. The zero-order valence-corrected chi connectivity index (χ0v) is 18.2. The lowest BCUT2D eigenvalue weighted by molar-refractivity contribution is 0.414. The number of hydrogen-bond acceptors (Lipinski definition) is 7. The van der Waals surface area contributed by atoms with E-state index in [1.807, 2.05) is 12.1 Å². The molecule has 3 rings (SSSR count). The number of benzene rings is 1. The molecule has 0 unspecified atom stereocenters. The van der Waals surface area contributed by atoms with Gasteiger partial charge in [0.25, 0.3) is 0 Å². The molecule has 0 fully saturated rings. The number of aromatic nitrogens is 4. The van der Waals surface area contributed by atoms with Crippen LogP contribution >= 0.6 is 0 Å². The molecule has 0 aliphatic rings. The number of sulfonamides is 1. The highest BCUT2D eigenvalue weighted by Gasteiger charge is 2.29. The number of aryl methyl sites for hydroxylation is 1. The maximum atomic E-state index is 12.8. The average Bonchev–Trinajstić information content (AvgIpc) is 3.18. The first-order valence-electron chi connectivity index (χ1n) is 9.05. The third-order valence-corrected chi connectivity index (χ3v) is 6.12. The van der Waals surface area contributed by atoms with Crippen LogP contribution in [0.1, 0.15) is 38.0 Å². The maximum absolute atomic E-state index is 12.8. The lowest BCUT2D eigenvalue weighted by atomic mass is 10.1. The normalized spacial score (nSPS) is 12.3. The summed E-state index contributed by atoms with van der Waals surface area (Å²) >= 11 is 0. The monoisotopic (exact) mass is 419 g/mol. The Labute approximate surface area is 170 Å². The quantitative estimate of drug-likeness (QED) is 0.654. The van der Waals surface area contributed by atoms with Gasteiger partial charge in [-0.1, -0.05) is 0 Å². The molecule has 3 aromatic rings. The minimum atomic E-state index is -3.71. The van der Waals surface area contributed by atoms with Crippen LogP contribution < -0.4 is 9.46 Å². The summed E-state index contributed by atoms with van der Waals surface area (Å²) in [7, 11) is -2.11. The van der Waals surface area contributed by atoms with E-state index in [1.165, 1.54) is 0 Å². The van der Waals surface area contributed by atoms with Gasteiger partial charge in [0.1, 0.15) is 17.2 Å². The largest absolute Gasteiger partial charge is 0.497 e. The smallest absolute Gasteiger partial charge is 0.247 e. The Morgan fingerprint density at radius 3 is 2.38 bits per heavy atom. The molecule has 1 aromatic carbocycles. The second-order valence-electron chi connectivity index (χ2n) is 7.74. The van der Waals surface area contributed by atoms with E-state index in [9.17, 15) is 8.42 Å². The van der Waals surface area contributed by atoms with Crippen molar-refractivity contribution in [1.29, 1.82) is 0 Å². The van der Waals surface area contributed by atoms with E-state index in [0.717, 1.165) is 11.3 Å². The third-order valence-electron chi connectivity index (χ3n) is 4.11. The molecule has 0 bridgehead atoms. The fourth-order valence-electron chi connectivity index (χ4n) is 2.97. The number of nitrogens with one attached hydrogen (secondary N) is 1. The Balaban J connectivity index is 1.86. The van der Waals surface area contributed by atoms with Gasteiger partial charge in [-0.15, -0.1) is 10.2 Å². The Morgan fingerprint density at radius 2 is 1.79 bits per heavy atom. The molecule has 2 heterocycles. The number of rotatable bonds is 6. The van der Waals surface area contributed by atoms with Gasteiger partial charge in [0, 0.05) is 11.1 Å². The van der Waals surface area contributed by atoms with Gasteiger partial charge in [-0.25, -0.2) is 13.1 Å². The molecular weight excluding hydrogens is 394 g/mol. The van der Waals surface area contributed by atoms with E-state index in [2.05, 4.69) is 20.0 Å². The van der Waals surface area contributed by atoms with Crippen molar-refractivity contribution in [1.82, 2.24) is 24.7 Å². The summed E-state index contributed by atoms with van der Waals surface area (Å²) < 4.78 is 40.6. The van der Waals surface area contributed by atoms with E-state index in [4.69, 9.17) is 9.15 Å². The molecule has 0 atom stereocenters. The minimum Gasteiger partial charge on any atom is -0.497 e. The van der Waals surface area contributed by atoms with Crippen LogP contribution in [0.4, 0.5) is 0 Å². The molecule has 29 heavy (non-hydrogen) atoms. The number of methoxy groups -OCH3 is 1. The van der Waals surface area contributed by atoms with E-state index < -0.39 is 15.6 Å². The summed E-state index contributed by atoms with van der Waals surface area (Å²) in [6.07, 6.45) is 0. The second kappa shape index (κ2) is 7.60. The SMILES string of the molecule is COc1ccc(-c2nnc(Cn3nc(C)c(S(=O)(=O)NC(C)(C)C)c3C)o2)cc1. The van der Waals surface area contributed by atoms with Gasteiger partial charge in [-0.05, 0) is 58.9 Å². The van der Waals surface area contributed by atoms with Gasteiger partial charge in [0.15, 0.2) is 0 Å². The molecule has 10 heteroatoms. The highest BCUT2D eigenvalue weighted by molar-refractivity contribution is 7.89. The van der Waals surface area contributed by atoms with E-state index >= 15 is 0 Å². The zero-order chi connectivity index (χ0) is 21.4. The summed E-state index contributed by atoms with van der Waals surface area (Å²) in [5.74, 6) is 1.43. The molecule has 156 valence electrons. The molecular formula is C19H25N5O4S. The molecule has 9 nitrogen and oxygen atoms in total. The van der Waals surface area contributed by atoms with Crippen LogP contribution in [0.2, 0.25) is 0 Å². The highest BCUT2D eigenvalue weighted by atomic mass is 32.2. The molecule has 2 aromatic heterocycles. The van der Waals surface area contributed by atoms with Crippen molar-refractivity contribution in [3.63, 3.8) is 0 Å². The van der Waals surface area contributed by atoms with Crippen molar-refractivity contribution in [2.45, 2.75) is 51.6 Å². The van der Waals surface area contributed by atoms with Crippen LogP contribution in [0.15, 0.2) is 33.6 Å². The van der Waals surface area contributed by atoms with Gasteiger partial charge in [0.05, 0.1) is 18.5 Å². The minimum absolute atomic E-state index is 0.168. The van der Waals surface area contributed by atoms with Crippen LogP contribution in [0.25, 0.3) is 11.5 Å². The van der Waals surface area contributed by atoms with Gasteiger partial charge < -0.3 is 9.15 Å². The molecule has 1 N–H and O–H groups in total. The highest BCUT2D eigenvalue weighted by Crippen LogP contribution is 2.24. The molecule has 0 saturated heterocycles. The first kappa shape index (κ1) is 21.0. The molecule has 0 amide bonds. The first-order chi connectivity index (χ1) is 13.5. The average molecular weight is 420 g/mol. The number of ether oxygens (including phenoxy) is 1. The topological polar surface area (TPSA) is 112 Å². The fraction of sp³-hybridized carbons (Fsp3) is 0.421.